The number of hydrogen-bond donors (Lipinski definition) is 1. The van der Waals surface area contributed by atoms with Crippen LogP contribution in [0.2, 0.25) is 0 Å². The molecule has 1 aliphatic heterocycles. The van der Waals surface area contributed by atoms with E-state index < -0.39 is 0 Å². The van der Waals surface area contributed by atoms with Crippen molar-refractivity contribution >= 4 is 22.6 Å². The molecule has 15 heavy (non-hydrogen) atoms. The highest BCUT2D eigenvalue weighted by Gasteiger charge is 2.15. The van der Waals surface area contributed by atoms with E-state index in [0.29, 0.717) is 5.25 Å². The molecular formula is C12H16N2S. The maximum atomic E-state index is 4.45. The maximum Gasteiger partial charge on any atom is 0.161 e. The van der Waals surface area contributed by atoms with Gasteiger partial charge in [0.25, 0.3) is 0 Å². The number of benzene rings is 1. The summed E-state index contributed by atoms with van der Waals surface area (Å²) in [5, 5.41) is 5.05. The van der Waals surface area contributed by atoms with Crippen molar-refractivity contribution in [3.05, 3.63) is 29.3 Å². The lowest BCUT2D eigenvalue weighted by atomic mass is 10.1. The highest BCUT2D eigenvalue weighted by molar-refractivity contribution is 8.15. The first-order valence-electron chi connectivity index (χ1n) is 5.21. The van der Waals surface area contributed by atoms with E-state index in [0.717, 1.165) is 11.7 Å². The summed E-state index contributed by atoms with van der Waals surface area (Å²) in [7, 11) is 0. The quantitative estimate of drug-likeness (QED) is 0.786. The number of nitrogens with zero attached hydrogens (tertiary/aromatic N) is 1. The van der Waals surface area contributed by atoms with Crippen LogP contribution in [0.1, 0.15) is 18.1 Å². The Morgan fingerprint density at radius 2 is 2.20 bits per heavy atom. The molecule has 2 nitrogen and oxygen atoms in total. The van der Waals surface area contributed by atoms with E-state index >= 15 is 0 Å². The summed E-state index contributed by atoms with van der Waals surface area (Å²) >= 11 is 1.81. The second-order valence-corrected chi connectivity index (χ2v) is 5.37. The average Bonchev–Trinajstić information content (AvgIpc) is 2.59. The number of aryl methyl sites for hydroxylation is 1. The van der Waals surface area contributed by atoms with Crippen LogP contribution < -0.4 is 5.32 Å². The molecule has 3 heteroatoms. The molecular weight excluding hydrogens is 204 g/mol. The Balaban J connectivity index is 2.15. The van der Waals surface area contributed by atoms with E-state index in [2.05, 4.69) is 49.3 Å². The normalized spacial score (nSPS) is 20.2. The van der Waals surface area contributed by atoms with Crippen LogP contribution in [0.5, 0.6) is 0 Å². The minimum absolute atomic E-state index is 0.609. The number of rotatable bonds is 1. The van der Waals surface area contributed by atoms with Gasteiger partial charge in [0, 0.05) is 10.9 Å². The van der Waals surface area contributed by atoms with Crippen LogP contribution in [0.25, 0.3) is 0 Å². The van der Waals surface area contributed by atoms with Crippen molar-refractivity contribution < 1.29 is 0 Å². The second-order valence-electron chi connectivity index (χ2n) is 3.95. The highest BCUT2D eigenvalue weighted by Crippen LogP contribution is 2.24. The lowest BCUT2D eigenvalue weighted by Crippen LogP contribution is -2.07. The van der Waals surface area contributed by atoms with Crippen molar-refractivity contribution in [2.24, 2.45) is 4.99 Å². The molecule has 0 fully saturated rings. The topological polar surface area (TPSA) is 24.4 Å². The molecule has 1 atom stereocenters. The molecule has 1 aromatic rings. The Hall–Kier alpha value is -0.960. The van der Waals surface area contributed by atoms with E-state index in [4.69, 9.17) is 0 Å². The number of anilines is 1. The van der Waals surface area contributed by atoms with Crippen molar-refractivity contribution in [1.82, 2.24) is 0 Å². The summed E-state index contributed by atoms with van der Waals surface area (Å²) in [4.78, 5) is 4.45. The Morgan fingerprint density at radius 3 is 2.87 bits per heavy atom. The zero-order valence-electron chi connectivity index (χ0n) is 9.37. The summed E-state index contributed by atoms with van der Waals surface area (Å²) in [5.74, 6) is 0. The van der Waals surface area contributed by atoms with Crippen LogP contribution in [0, 0.1) is 13.8 Å². The lowest BCUT2D eigenvalue weighted by molar-refractivity contribution is 0.976. The van der Waals surface area contributed by atoms with Crippen molar-refractivity contribution in [1.29, 1.82) is 0 Å². The van der Waals surface area contributed by atoms with E-state index in [1.54, 1.807) is 0 Å². The highest BCUT2D eigenvalue weighted by atomic mass is 32.2. The van der Waals surface area contributed by atoms with E-state index in [9.17, 15) is 0 Å². The van der Waals surface area contributed by atoms with Gasteiger partial charge in [0.1, 0.15) is 0 Å². The first-order valence-corrected chi connectivity index (χ1v) is 6.09. The van der Waals surface area contributed by atoms with Gasteiger partial charge in [0.05, 0.1) is 6.54 Å². The fourth-order valence-electron chi connectivity index (χ4n) is 1.55. The predicted octanol–water partition coefficient (Wildman–Crippen LogP) is 3.21. The number of hydrogen-bond acceptors (Lipinski definition) is 3. The summed E-state index contributed by atoms with van der Waals surface area (Å²) in [6.45, 7) is 7.40. The summed E-state index contributed by atoms with van der Waals surface area (Å²) in [5.41, 5.74) is 3.80. The van der Waals surface area contributed by atoms with Gasteiger partial charge in [-0.25, -0.2) is 0 Å². The average molecular weight is 220 g/mol. The summed E-state index contributed by atoms with van der Waals surface area (Å²) in [6, 6.07) is 6.31. The van der Waals surface area contributed by atoms with Gasteiger partial charge in [0.2, 0.25) is 0 Å². The lowest BCUT2D eigenvalue weighted by Gasteiger charge is -2.10. The molecule has 1 N–H and O–H groups in total. The molecule has 1 aromatic carbocycles. The van der Waals surface area contributed by atoms with Crippen LogP contribution in [0.15, 0.2) is 23.2 Å². The van der Waals surface area contributed by atoms with Crippen LogP contribution in [-0.2, 0) is 0 Å². The molecule has 0 aromatic heterocycles. The van der Waals surface area contributed by atoms with Crippen LogP contribution >= 0.6 is 11.8 Å². The number of thioether (sulfide) groups is 1. The van der Waals surface area contributed by atoms with Crippen LogP contribution in [-0.4, -0.2) is 17.0 Å². The predicted molar refractivity (Wildman–Crippen MR) is 68.9 cm³/mol. The first-order chi connectivity index (χ1) is 7.16. The van der Waals surface area contributed by atoms with Gasteiger partial charge in [-0.1, -0.05) is 30.8 Å². The smallest absolute Gasteiger partial charge is 0.161 e. The SMILES string of the molecule is Cc1cccc(NC2=NCC(C)S2)c1C. The molecule has 0 aliphatic carbocycles. The number of amidine groups is 1. The molecule has 1 unspecified atom stereocenters. The standard InChI is InChI=1S/C12H16N2S/c1-8-5-4-6-11(10(8)3)14-12-13-7-9(2)15-12/h4-6,9H,7H2,1-3H3,(H,13,14). The number of nitrogens with one attached hydrogen (secondary N) is 1. The monoisotopic (exact) mass is 220 g/mol. The maximum absolute atomic E-state index is 4.45. The molecule has 0 bridgehead atoms. The molecule has 0 saturated carbocycles. The molecule has 0 saturated heterocycles. The minimum Gasteiger partial charge on any atom is -0.335 e. The Labute approximate surface area is 95.2 Å². The third-order valence-corrected chi connectivity index (χ3v) is 3.66. The fourth-order valence-corrected chi connectivity index (χ4v) is 2.40. The van der Waals surface area contributed by atoms with Gasteiger partial charge in [-0.3, -0.25) is 4.99 Å². The van der Waals surface area contributed by atoms with Crippen molar-refractivity contribution in [2.75, 3.05) is 11.9 Å². The Bertz CT molecular complexity index is 399. The number of aliphatic imine (C=N–C) groups is 1. The van der Waals surface area contributed by atoms with Gasteiger partial charge in [0.15, 0.2) is 5.17 Å². The zero-order valence-corrected chi connectivity index (χ0v) is 10.2. The van der Waals surface area contributed by atoms with Crippen LogP contribution in [0.4, 0.5) is 5.69 Å². The Kier molecular flexibility index (Phi) is 3.00. The molecule has 1 heterocycles. The first kappa shape index (κ1) is 10.6. The van der Waals surface area contributed by atoms with Gasteiger partial charge in [-0.05, 0) is 31.0 Å². The molecule has 0 amide bonds. The van der Waals surface area contributed by atoms with E-state index in [1.165, 1.54) is 16.8 Å². The van der Waals surface area contributed by atoms with E-state index in [1.807, 2.05) is 11.8 Å². The molecule has 1 aliphatic rings. The van der Waals surface area contributed by atoms with E-state index in [-0.39, 0.29) is 0 Å². The Morgan fingerprint density at radius 1 is 1.40 bits per heavy atom. The van der Waals surface area contributed by atoms with Crippen molar-refractivity contribution in [3.63, 3.8) is 0 Å². The molecule has 0 spiro atoms. The molecule has 0 radical (unpaired) electrons. The van der Waals surface area contributed by atoms with Gasteiger partial charge in [-0.2, -0.15) is 0 Å². The third-order valence-electron chi connectivity index (χ3n) is 2.65. The van der Waals surface area contributed by atoms with Gasteiger partial charge < -0.3 is 5.32 Å². The van der Waals surface area contributed by atoms with Crippen LogP contribution in [0.3, 0.4) is 0 Å². The van der Waals surface area contributed by atoms with Gasteiger partial charge >= 0.3 is 0 Å². The fraction of sp³-hybridized carbons (Fsp3) is 0.417. The van der Waals surface area contributed by atoms with Crippen molar-refractivity contribution in [2.45, 2.75) is 26.0 Å². The minimum atomic E-state index is 0.609. The largest absolute Gasteiger partial charge is 0.335 e. The summed E-state index contributed by atoms with van der Waals surface area (Å²) in [6.07, 6.45) is 0. The zero-order chi connectivity index (χ0) is 10.8. The second kappa shape index (κ2) is 4.27. The molecule has 80 valence electrons. The van der Waals surface area contributed by atoms with Gasteiger partial charge in [-0.15, -0.1) is 0 Å². The third kappa shape index (κ3) is 2.34. The molecule has 2 rings (SSSR count). The summed E-state index contributed by atoms with van der Waals surface area (Å²) < 4.78 is 0. The van der Waals surface area contributed by atoms with Crippen molar-refractivity contribution in [3.8, 4) is 0 Å².